The number of nitrogens with zero attached hydrogens (tertiary/aromatic N) is 5. The number of amides is 3. The van der Waals surface area contributed by atoms with Crippen LogP contribution in [0, 0.1) is 16.0 Å². The van der Waals surface area contributed by atoms with Crippen LogP contribution in [0.25, 0.3) is 0 Å². The fraction of sp³-hybridized carbons (Fsp3) is 0.310. The van der Waals surface area contributed by atoms with Gasteiger partial charge in [-0.05, 0) is 36.6 Å². The van der Waals surface area contributed by atoms with Gasteiger partial charge in [0, 0.05) is 61.4 Å². The van der Waals surface area contributed by atoms with Crippen molar-refractivity contribution in [2.45, 2.75) is 31.5 Å². The van der Waals surface area contributed by atoms with Crippen molar-refractivity contribution < 1.29 is 19.3 Å². The highest BCUT2D eigenvalue weighted by Crippen LogP contribution is 2.45. The van der Waals surface area contributed by atoms with E-state index in [4.69, 9.17) is 0 Å². The SMILES string of the molecule is O=C(CCN1C(=O)c2ccccc2N2C(=O)c3ccccc3C12)N1C[C@H]2C[C@@H](C1)c1ccc([N+](=O)[O-])c(=O)n1C2. The van der Waals surface area contributed by atoms with Crippen LogP contribution in [0.2, 0.25) is 0 Å². The number of anilines is 1. The summed E-state index contributed by atoms with van der Waals surface area (Å²) in [6, 6.07) is 17.2. The molecule has 7 rings (SSSR count). The van der Waals surface area contributed by atoms with E-state index in [1.807, 2.05) is 12.1 Å². The van der Waals surface area contributed by atoms with Gasteiger partial charge in [-0.25, -0.2) is 0 Å². The molecule has 0 spiro atoms. The molecule has 2 bridgehead atoms. The Morgan fingerprint density at radius 2 is 1.65 bits per heavy atom. The molecule has 1 saturated heterocycles. The minimum atomic E-state index is -0.659. The summed E-state index contributed by atoms with van der Waals surface area (Å²) in [4.78, 5) is 68.8. The number of para-hydroxylation sites is 1. The molecular formula is C29H25N5O6. The number of aromatic nitrogens is 1. The Balaban J connectivity index is 1.13. The molecule has 3 amide bonds. The number of likely N-dealkylation sites (tertiary alicyclic amines) is 1. The van der Waals surface area contributed by atoms with Crippen molar-refractivity contribution in [1.82, 2.24) is 14.4 Å². The largest absolute Gasteiger partial charge is 0.342 e. The van der Waals surface area contributed by atoms with Crippen molar-refractivity contribution >= 4 is 29.1 Å². The van der Waals surface area contributed by atoms with Crippen LogP contribution in [0.4, 0.5) is 11.4 Å². The molecule has 11 nitrogen and oxygen atoms in total. The van der Waals surface area contributed by atoms with Crippen LogP contribution in [0.15, 0.2) is 65.5 Å². The Bertz CT molecular complexity index is 1680. The summed E-state index contributed by atoms with van der Waals surface area (Å²) in [6.45, 7) is 1.31. The van der Waals surface area contributed by atoms with E-state index in [1.165, 1.54) is 10.6 Å². The maximum absolute atomic E-state index is 13.7. The number of carbonyl (C=O) groups excluding carboxylic acids is 3. The second-order valence-electron chi connectivity index (χ2n) is 10.8. The van der Waals surface area contributed by atoms with Gasteiger partial charge in [-0.1, -0.05) is 30.3 Å². The predicted octanol–water partition coefficient (Wildman–Crippen LogP) is 2.91. The second kappa shape index (κ2) is 8.87. The zero-order valence-electron chi connectivity index (χ0n) is 21.4. The van der Waals surface area contributed by atoms with E-state index < -0.39 is 22.3 Å². The summed E-state index contributed by atoms with van der Waals surface area (Å²) >= 11 is 0. The Kier molecular flexibility index (Phi) is 5.38. The van der Waals surface area contributed by atoms with Crippen LogP contribution >= 0.6 is 0 Å². The Morgan fingerprint density at radius 3 is 2.45 bits per heavy atom. The molecule has 0 saturated carbocycles. The number of piperidine rings is 1. The first-order valence-corrected chi connectivity index (χ1v) is 13.3. The summed E-state index contributed by atoms with van der Waals surface area (Å²) in [6.07, 6.45) is 0.272. The van der Waals surface area contributed by atoms with Gasteiger partial charge in [0.25, 0.3) is 11.8 Å². The molecule has 40 heavy (non-hydrogen) atoms. The highest BCUT2D eigenvalue weighted by atomic mass is 16.6. The fourth-order valence-electron chi connectivity index (χ4n) is 6.85. The molecule has 1 aromatic heterocycles. The average Bonchev–Trinajstić information content (AvgIpc) is 3.25. The van der Waals surface area contributed by atoms with Crippen molar-refractivity contribution in [3.05, 3.63) is 104 Å². The van der Waals surface area contributed by atoms with E-state index in [2.05, 4.69) is 0 Å². The first-order valence-electron chi connectivity index (χ1n) is 13.3. The summed E-state index contributed by atoms with van der Waals surface area (Å²) < 4.78 is 1.49. The maximum atomic E-state index is 13.7. The van der Waals surface area contributed by atoms with Gasteiger partial charge in [-0.15, -0.1) is 0 Å². The molecule has 4 aliphatic heterocycles. The lowest BCUT2D eigenvalue weighted by molar-refractivity contribution is -0.386. The first kappa shape index (κ1) is 24.3. The number of benzene rings is 2. The molecule has 3 atom stereocenters. The van der Waals surface area contributed by atoms with Gasteiger partial charge in [0.2, 0.25) is 5.91 Å². The lowest BCUT2D eigenvalue weighted by Gasteiger charge is -2.43. The molecule has 1 fully saturated rings. The number of fused-ring (bicyclic) bond motifs is 9. The van der Waals surface area contributed by atoms with Crippen LogP contribution in [0.1, 0.15) is 56.9 Å². The zero-order chi connectivity index (χ0) is 27.7. The quantitative estimate of drug-likeness (QED) is 0.371. The molecule has 0 aliphatic carbocycles. The molecule has 3 aromatic rings. The van der Waals surface area contributed by atoms with Crippen LogP contribution < -0.4 is 10.5 Å². The average molecular weight is 540 g/mol. The van der Waals surface area contributed by atoms with E-state index in [0.29, 0.717) is 42.1 Å². The zero-order valence-corrected chi connectivity index (χ0v) is 21.4. The molecule has 0 radical (unpaired) electrons. The van der Waals surface area contributed by atoms with Crippen molar-refractivity contribution in [2.75, 3.05) is 24.5 Å². The lowest BCUT2D eigenvalue weighted by atomic mass is 9.83. The number of rotatable bonds is 4. The molecule has 1 unspecified atom stereocenters. The van der Waals surface area contributed by atoms with E-state index >= 15 is 0 Å². The number of hydrogen-bond acceptors (Lipinski definition) is 6. The Morgan fingerprint density at radius 1 is 0.900 bits per heavy atom. The van der Waals surface area contributed by atoms with Gasteiger partial charge < -0.3 is 14.4 Å². The fourth-order valence-corrected chi connectivity index (χ4v) is 6.85. The molecule has 2 aromatic carbocycles. The summed E-state index contributed by atoms with van der Waals surface area (Å²) in [5.41, 5.74) is 1.96. The molecular weight excluding hydrogens is 514 g/mol. The number of nitro groups is 1. The van der Waals surface area contributed by atoms with Crippen molar-refractivity contribution in [2.24, 2.45) is 5.92 Å². The molecule has 0 N–H and O–H groups in total. The smallest absolute Gasteiger partial charge is 0.334 e. The normalized spacial score (nSPS) is 22.4. The number of carbonyl (C=O) groups is 3. The first-order chi connectivity index (χ1) is 19.3. The highest BCUT2D eigenvalue weighted by Gasteiger charge is 2.47. The van der Waals surface area contributed by atoms with Gasteiger partial charge in [0.15, 0.2) is 0 Å². The molecule has 202 valence electrons. The summed E-state index contributed by atoms with van der Waals surface area (Å²) in [5, 5.41) is 11.2. The van der Waals surface area contributed by atoms with Crippen molar-refractivity contribution in [3.63, 3.8) is 0 Å². The van der Waals surface area contributed by atoms with Gasteiger partial charge >= 0.3 is 11.2 Å². The van der Waals surface area contributed by atoms with Crippen LogP contribution in [-0.2, 0) is 11.3 Å². The minimum absolute atomic E-state index is 0.00761. The lowest BCUT2D eigenvalue weighted by Crippen LogP contribution is -2.51. The molecule has 5 heterocycles. The van der Waals surface area contributed by atoms with Gasteiger partial charge in [0.05, 0.1) is 16.2 Å². The Hall–Kier alpha value is -4.80. The monoisotopic (exact) mass is 539 g/mol. The van der Waals surface area contributed by atoms with Crippen LogP contribution in [0.5, 0.6) is 0 Å². The summed E-state index contributed by atoms with van der Waals surface area (Å²) in [5.74, 6) is -0.589. The van der Waals surface area contributed by atoms with E-state index in [1.54, 1.807) is 57.2 Å². The van der Waals surface area contributed by atoms with E-state index in [-0.39, 0.29) is 42.5 Å². The van der Waals surface area contributed by atoms with Crippen molar-refractivity contribution in [3.8, 4) is 0 Å². The molecule has 4 aliphatic rings. The number of pyridine rings is 1. The van der Waals surface area contributed by atoms with Crippen LogP contribution in [-0.4, -0.2) is 56.6 Å². The van der Waals surface area contributed by atoms with Gasteiger partial charge in [-0.3, -0.25) is 34.2 Å². The molecule has 11 heteroatoms. The topological polar surface area (TPSA) is 126 Å². The van der Waals surface area contributed by atoms with Crippen molar-refractivity contribution in [1.29, 1.82) is 0 Å². The van der Waals surface area contributed by atoms with Gasteiger partial charge in [0.1, 0.15) is 6.17 Å². The van der Waals surface area contributed by atoms with E-state index in [9.17, 15) is 29.3 Å². The predicted molar refractivity (Wildman–Crippen MR) is 143 cm³/mol. The van der Waals surface area contributed by atoms with Crippen LogP contribution in [0.3, 0.4) is 0 Å². The second-order valence-corrected chi connectivity index (χ2v) is 10.8. The third-order valence-corrected chi connectivity index (χ3v) is 8.58. The summed E-state index contributed by atoms with van der Waals surface area (Å²) in [7, 11) is 0. The third kappa shape index (κ3) is 3.50. The van der Waals surface area contributed by atoms with Gasteiger partial charge in [-0.2, -0.15) is 0 Å². The van der Waals surface area contributed by atoms with E-state index in [0.717, 1.165) is 12.0 Å². The maximum Gasteiger partial charge on any atom is 0.334 e. The number of hydrogen-bond donors (Lipinski definition) is 0. The standard InChI is InChI=1S/C29H25N5O6/c35-25(30-14-17-13-18(16-30)22-9-10-24(34(39)40)29(38)32(22)15-17)11-12-31-26-19-5-1-2-6-20(19)28(37)33(26)23-8-4-3-7-21(23)27(31)36/h1-10,17-18,26H,11-16H2/t17-,18+,26?/m1/s1. The Labute approximate surface area is 228 Å². The minimum Gasteiger partial charge on any atom is -0.342 e. The third-order valence-electron chi connectivity index (χ3n) is 8.58. The highest BCUT2D eigenvalue weighted by molar-refractivity contribution is 6.16.